The van der Waals surface area contributed by atoms with Crippen LogP contribution in [0.3, 0.4) is 0 Å². The minimum atomic E-state index is 0.195. The molecule has 4 aromatic rings. The van der Waals surface area contributed by atoms with Gasteiger partial charge in [0.1, 0.15) is 0 Å². The molecule has 0 radical (unpaired) electrons. The van der Waals surface area contributed by atoms with Crippen molar-refractivity contribution in [2.75, 3.05) is 0 Å². The van der Waals surface area contributed by atoms with Crippen LogP contribution in [0.5, 0.6) is 0 Å². The molecule has 2 aromatic carbocycles. The van der Waals surface area contributed by atoms with E-state index in [4.69, 9.17) is 0 Å². The van der Waals surface area contributed by atoms with Crippen molar-refractivity contribution in [3.8, 4) is 11.3 Å². The molecule has 0 bridgehead atoms. The predicted molar refractivity (Wildman–Crippen MR) is 133 cm³/mol. The fraction of sp³-hybridized carbons (Fsp3) is 0.241. The number of ketones is 1. The topological polar surface area (TPSA) is 34.9 Å². The summed E-state index contributed by atoms with van der Waals surface area (Å²) < 4.78 is 2.46. The largest absolute Gasteiger partial charge is 0.340 e. The number of hydrogen-bond acceptors (Lipinski definition) is 2. The number of carbonyl (C=O) groups is 1. The second kappa shape index (κ2) is 11.2. The number of aromatic nitrogens is 2. The zero-order chi connectivity index (χ0) is 22.0. The Labute approximate surface area is 190 Å². The van der Waals surface area contributed by atoms with Gasteiger partial charge in [0.2, 0.25) is 0 Å². The Morgan fingerprint density at radius 2 is 1.62 bits per heavy atom. The molecule has 162 valence electrons. The third kappa shape index (κ3) is 5.82. The van der Waals surface area contributed by atoms with Crippen LogP contribution in [0.15, 0.2) is 91.3 Å². The van der Waals surface area contributed by atoms with Crippen molar-refractivity contribution in [2.24, 2.45) is 0 Å². The van der Waals surface area contributed by atoms with E-state index in [0.29, 0.717) is 6.42 Å². The number of fused-ring (bicyclic) bond motifs is 1. The van der Waals surface area contributed by atoms with Crippen LogP contribution in [-0.2, 0) is 11.3 Å². The summed E-state index contributed by atoms with van der Waals surface area (Å²) in [5.74, 6) is 0.195. The fourth-order valence-electron chi connectivity index (χ4n) is 4.15. The second-order valence-electron chi connectivity index (χ2n) is 8.21. The molecular weight excluding hydrogens is 392 g/mol. The highest BCUT2D eigenvalue weighted by Gasteiger charge is 2.10. The molecule has 2 heterocycles. The highest BCUT2D eigenvalue weighted by Crippen LogP contribution is 2.28. The van der Waals surface area contributed by atoms with Gasteiger partial charge in [0.25, 0.3) is 0 Å². The molecule has 0 N–H and O–H groups in total. The van der Waals surface area contributed by atoms with Gasteiger partial charge < -0.3 is 4.57 Å². The zero-order valence-corrected chi connectivity index (χ0v) is 18.5. The predicted octanol–water partition coefficient (Wildman–Crippen LogP) is 7.33. The number of benzene rings is 2. The van der Waals surface area contributed by atoms with Gasteiger partial charge in [0.05, 0.1) is 0 Å². The number of aryl methyl sites for hydroxylation is 1. The van der Waals surface area contributed by atoms with E-state index in [1.807, 2.05) is 18.2 Å². The average Bonchev–Trinajstić information content (AvgIpc) is 3.22. The number of carbonyl (C=O) groups excluding carboxylic acids is 1. The summed E-state index contributed by atoms with van der Waals surface area (Å²) in [5.41, 5.74) is 4.82. The first-order chi connectivity index (χ1) is 15.8. The quantitative estimate of drug-likeness (QED) is 0.187. The van der Waals surface area contributed by atoms with Gasteiger partial charge >= 0.3 is 0 Å². The molecule has 0 atom stereocenters. The molecular formula is C29H30N2O. The lowest BCUT2D eigenvalue weighted by atomic mass is 10.1. The van der Waals surface area contributed by atoms with Crippen molar-refractivity contribution in [1.82, 2.24) is 9.55 Å². The molecule has 0 saturated carbocycles. The highest BCUT2D eigenvalue weighted by molar-refractivity contribution is 5.93. The third-order valence-electron chi connectivity index (χ3n) is 5.83. The smallest absolute Gasteiger partial charge is 0.155 e. The van der Waals surface area contributed by atoms with E-state index in [0.717, 1.165) is 31.4 Å². The van der Waals surface area contributed by atoms with E-state index in [1.54, 1.807) is 18.5 Å². The van der Waals surface area contributed by atoms with Crippen molar-refractivity contribution in [3.05, 3.63) is 96.8 Å². The first-order valence-electron chi connectivity index (χ1n) is 11.6. The van der Waals surface area contributed by atoms with Crippen molar-refractivity contribution >= 4 is 22.8 Å². The Morgan fingerprint density at radius 1 is 0.844 bits per heavy atom. The van der Waals surface area contributed by atoms with E-state index in [1.165, 1.54) is 35.0 Å². The van der Waals surface area contributed by atoms with Crippen molar-refractivity contribution in [1.29, 1.82) is 0 Å². The number of unbranched alkanes of at least 4 members (excludes halogenated alkanes) is 4. The van der Waals surface area contributed by atoms with Gasteiger partial charge in [-0.2, -0.15) is 0 Å². The Morgan fingerprint density at radius 3 is 2.47 bits per heavy atom. The summed E-state index contributed by atoms with van der Waals surface area (Å²) in [7, 11) is 0. The van der Waals surface area contributed by atoms with Crippen molar-refractivity contribution in [2.45, 2.75) is 45.1 Å². The van der Waals surface area contributed by atoms with E-state index < -0.39 is 0 Å². The molecule has 32 heavy (non-hydrogen) atoms. The van der Waals surface area contributed by atoms with Gasteiger partial charge in [-0.05, 0) is 54.3 Å². The highest BCUT2D eigenvalue weighted by atomic mass is 16.1. The summed E-state index contributed by atoms with van der Waals surface area (Å²) in [6.07, 6.45) is 13.2. The van der Waals surface area contributed by atoms with Crippen LogP contribution in [0, 0.1) is 0 Å². The molecule has 0 aliphatic carbocycles. The molecule has 0 unspecified atom stereocenters. The standard InChI is InChI=1S/C29H30N2O/c32-27(19-18-24-12-11-20-30-23-24)16-7-2-1-3-10-21-31-28-17-9-8-15-26(28)22-29(31)25-13-5-4-6-14-25/h4-6,8-9,11-15,17-20,22-23H,1-3,7,10,16,21H2/b19-18+. The lowest BCUT2D eigenvalue weighted by Crippen LogP contribution is -2.00. The molecule has 0 aliphatic heterocycles. The Hall–Kier alpha value is -3.46. The normalized spacial score (nSPS) is 11.4. The Kier molecular flexibility index (Phi) is 7.64. The SMILES string of the molecule is O=C(/C=C/c1cccnc1)CCCCCCCn1c(-c2ccccc2)cc2ccccc21. The lowest BCUT2D eigenvalue weighted by molar-refractivity contribution is -0.114. The van der Waals surface area contributed by atoms with Crippen LogP contribution in [0.25, 0.3) is 28.2 Å². The molecule has 0 fully saturated rings. The number of rotatable bonds is 11. The summed E-state index contributed by atoms with van der Waals surface area (Å²) in [4.78, 5) is 16.1. The number of nitrogens with zero attached hydrogens (tertiary/aromatic N) is 2. The molecule has 0 saturated heterocycles. The van der Waals surface area contributed by atoms with E-state index >= 15 is 0 Å². The van der Waals surface area contributed by atoms with E-state index in [2.05, 4.69) is 70.2 Å². The molecule has 0 spiro atoms. The molecule has 2 aromatic heterocycles. The molecule has 3 heteroatoms. The number of allylic oxidation sites excluding steroid dienone is 1. The van der Waals surface area contributed by atoms with Gasteiger partial charge in [-0.15, -0.1) is 0 Å². The van der Waals surface area contributed by atoms with Gasteiger partial charge in [-0.1, -0.05) is 73.9 Å². The van der Waals surface area contributed by atoms with Crippen LogP contribution >= 0.6 is 0 Å². The lowest BCUT2D eigenvalue weighted by Gasteiger charge is -2.11. The maximum absolute atomic E-state index is 12.0. The summed E-state index contributed by atoms with van der Waals surface area (Å²) >= 11 is 0. The van der Waals surface area contributed by atoms with Gasteiger partial charge in [-0.3, -0.25) is 9.78 Å². The maximum atomic E-state index is 12.0. The molecule has 0 amide bonds. The number of pyridine rings is 1. The zero-order valence-electron chi connectivity index (χ0n) is 18.5. The molecule has 4 rings (SSSR count). The van der Waals surface area contributed by atoms with Crippen LogP contribution in [0.1, 0.15) is 44.1 Å². The Balaban J connectivity index is 1.23. The average molecular weight is 423 g/mol. The minimum Gasteiger partial charge on any atom is -0.340 e. The fourth-order valence-corrected chi connectivity index (χ4v) is 4.15. The van der Waals surface area contributed by atoms with Gasteiger partial charge in [0, 0.05) is 42.0 Å². The first kappa shape index (κ1) is 21.8. The van der Waals surface area contributed by atoms with Gasteiger partial charge in [-0.25, -0.2) is 0 Å². The number of hydrogen-bond donors (Lipinski definition) is 0. The maximum Gasteiger partial charge on any atom is 0.155 e. The summed E-state index contributed by atoms with van der Waals surface area (Å²) in [6.45, 7) is 1.02. The first-order valence-corrected chi connectivity index (χ1v) is 11.6. The summed E-state index contributed by atoms with van der Waals surface area (Å²) in [6, 6.07) is 25.4. The van der Waals surface area contributed by atoms with Crippen LogP contribution in [-0.4, -0.2) is 15.3 Å². The van der Waals surface area contributed by atoms with E-state index in [-0.39, 0.29) is 5.78 Å². The van der Waals surface area contributed by atoms with Crippen LogP contribution in [0.2, 0.25) is 0 Å². The monoisotopic (exact) mass is 422 g/mol. The van der Waals surface area contributed by atoms with E-state index in [9.17, 15) is 4.79 Å². The van der Waals surface area contributed by atoms with Crippen LogP contribution < -0.4 is 0 Å². The third-order valence-corrected chi connectivity index (χ3v) is 5.83. The van der Waals surface area contributed by atoms with Crippen LogP contribution in [0.4, 0.5) is 0 Å². The Bertz CT molecular complexity index is 1160. The van der Waals surface area contributed by atoms with Crippen molar-refractivity contribution in [3.63, 3.8) is 0 Å². The second-order valence-corrected chi connectivity index (χ2v) is 8.21. The minimum absolute atomic E-state index is 0.195. The van der Waals surface area contributed by atoms with Gasteiger partial charge in [0.15, 0.2) is 5.78 Å². The molecule has 0 aliphatic rings. The van der Waals surface area contributed by atoms with Crippen molar-refractivity contribution < 1.29 is 4.79 Å². The molecule has 3 nitrogen and oxygen atoms in total. The number of para-hydroxylation sites is 1. The summed E-state index contributed by atoms with van der Waals surface area (Å²) in [5, 5.41) is 1.30.